The van der Waals surface area contributed by atoms with E-state index < -0.39 is 5.97 Å². The summed E-state index contributed by atoms with van der Waals surface area (Å²) in [5.41, 5.74) is 0.815. The Kier molecular flexibility index (Phi) is 6.34. The number of methoxy groups -OCH3 is 2. The number of esters is 2. The molecule has 9 nitrogen and oxygen atoms in total. The number of thioether (sulfide) groups is 1. The van der Waals surface area contributed by atoms with Gasteiger partial charge in [-0.25, -0.2) is 9.78 Å². The quantitative estimate of drug-likeness (QED) is 0.408. The Morgan fingerprint density at radius 3 is 2.64 bits per heavy atom. The highest BCUT2D eigenvalue weighted by atomic mass is 32.2. The SMILES string of the molecule is CCOC(=O)c1cc(C)nn1-c1nc(OC)cc(SCC(=O)OC)n1. The summed E-state index contributed by atoms with van der Waals surface area (Å²) in [6.07, 6.45) is 0. The molecule has 2 heterocycles. The number of rotatable bonds is 7. The third kappa shape index (κ3) is 4.69. The summed E-state index contributed by atoms with van der Waals surface area (Å²) >= 11 is 1.16. The average Bonchev–Trinajstić information content (AvgIpc) is 3.01. The molecule has 2 aromatic heterocycles. The van der Waals surface area contributed by atoms with Crippen LogP contribution in [0.1, 0.15) is 23.1 Å². The van der Waals surface area contributed by atoms with Crippen LogP contribution in [0, 0.1) is 6.92 Å². The maximum absolute atomic E-state index is 12.1. The van der Waals surface area contributed by atoms with Gasteiger partial charge in [0.2, 0.25) is 5.88 Å². The second kappa shape index (κ2) is 8.47. The number of carbonyl (C=O) groups is 2. The van der Waals surface area contributed by atoms with Crippen molar-refractivity contribution in [3.05, 3.63) is 23.5 Å². The molecule has 0 atom stereocenters. The topological polar surface area (TPSA) is 105 Å². The van der Waals surface area contributed by atoms with Crippen molar-refractivity contribution in [1.29, 1.82) is 0 Å². The summed E-state index contributed by atoms with van der Waals surface area (Å²) < 4.78 is 16.1. The van der Waals surface area contributed by atoms with Crippen LogP contribution in [0.15, 0.2) is 17.2 Å². The summed E-state index contributed by atoms with van der Waals surface area (Å²) in [6, 6.07) is 3.17. The molecule has 0 aliphatic heterocycles. The standard InChI is InChI=1S/C15H18N4O5S/c1-5-24-14(21)10-6-9(2)18-19(10)15-16-11(22-3)7-12(17-15)25-8-13(20)23-4/h6-7H,5,8H2,1-4H3. The van der Waals surface area contributed by atoms with Crippen LogP contribution in [0.2, 0.25) is 0 Å². The number of carbonyl (C=O) groups excluding carboxylic acids is 2. The molecular weight excluding hydrogens is 348 g/mol. The van der Waals surface area contributed by atoms with Gasteiger partial charge in [0.25, 0.3) is 5.95 Å². The van der Waals surface area contributed by atoms with E-state index in [-0.39, 0.29) is 35.9 Å². The van der Waals surface area contributed by atoms with E-state index in [1.165, 1.54) is 18.9 Å². The lowest BCUT2D eigenvalue weighted by molar-refractivity contribution is -0.137. The lowest BCUT2D eigenvalue weighted by atomic mass is 10.4. The monoisotopic (exact) mass is 366 g/mol. The Morgan fingerprint density at radius 2 is 2.00 bits per heavy atom. The van der Waals surface area contributed by atoms with Gasteiger partial charge in [-0.05, 0) is 19.9 Å². The summed E-state index contributed by atoms with van der Waals surface area (Å²) in [5, 5.41) is 4.73. The van der Waals surface area contributed by atoms with Gasteiger partial charge in [-0.1, -0.05) is 11.8 Å². The molecule has 10 heteroatoms. The molecule has 0 bridgehead atoms. The maximum Gasteiger partial charge on any atom is 0.357 e. The molecule has 0 unspecified atom stereocenters. The van der Waals surface area contributed by atoms with Crippen molar-refractivity contribution in [2.24, 2.45) is 0 Å². The van der Waals surface area contributed by atoms with E-state index in [1.807, 2.05) is 0 Å². The summed E-state index contributed by atoms with van der Waals surface area (Å²) in [6.45, 7) is 3.70. The Morgan fingerprint density at radius 1 is 1.24 bits per heavy atom. The minimum atomic E-state index is -0.529. The van der Waals surface area contributed by atoms with Gasteiger partial charge in [0.05, 0.1) is 32.3 Å². The van der Waals surface area contributed by atoms with Gasteiger partial charge in [0.1, 0.15) is 5.03 Å². The molecule has 0 aliphatic rings. The summed E-state index contributed by atoms with van der Waals surface area (Å²) in [5.74, 6) is -0.411. The molecule has 134 valence electrons. The summed E-state index contributed by atoms with van der Waals surface area (Å²) in [7, 11) is 2.77. The van der Waals surface area contributed by atoms with Crippen LogP contribution in [0.5, 0.6) is 5.88 Å². The molecule has 0 aromatic carbocycles. The smallest absolute Gasteiger partial charge is 0.357 e. The average molecular weight is 366 g/mol. The van der Waals surface area contributed by atoms with Crippen molar-refractivity contribution in [3.63, 3.8) is 0 Å². The molecule has 0 fully saturated rings. The lowest BCUT2D eigenvalue weighted by Gasteiger charge is -2.09. The fourth-order valence-electron chi connectivity index (χ4n) is 1.86. The molecule has 2 rings (SSSR count). The number of ether oxygens (including phenoxy) is 3. The van der Waals surface area contributed by atoms with E-state index in [1.54, 1.807) is 26.0 Å². The highest BCUT2D eigenvalue weighted by molar-refractivity contribution is 7.99. The largest absolute Gasteiger partial charge is 0.481 e. The molecule has 25 heavy (non-hydrogen) atoms. The van der Waals surface area contributed by atoms with Crippen molar-refractivity contribution in [2.45, 2.75) is 18.9 Å². The van der Waals surface area contributed by atoms with Crippen molar-refractivity contribution in [3.8, 4) is 11.8 Å². The second-order valence-electron chi connectivity index (χ2n) is 4.72. The van der Waals surface area contributed by atoms with Crippen molar-refractivity contribution < 1.29 is 23.8 Å². The third-order valence-electron chi connectivity index (χ3n) is 2.95. The van der Waals surface area contributed by atoms with Gasteiger partial charge >= 0.3 is 11.9 Å². The van der Waals surface area contributed by atoms with Crippen LogP contribution in [0.3, 0.4) is 0 Å². The number of hydrogen-bond donors (Lipinski definition) is 0. The molecule has 2 aromatic rings. The molecule has 0 saturated heterocycles. The molecule has 0 saturated carbocycles. The van der Waals surface area contributed by atoms with Gasteiger partial charge in [0, 0.05) is 6.07 Å². The van der Waals surface area contributed by atoms with Crippen LogP contribution in [0.25, 0.3) is 5.95 Å². The fourth-order valence-corrected chi connectivity index (χ4v) is 2.57. The van der Waals surface area contributed by atoms with Gasteiger partial charge in [0.15, 0.2) is 5.69 Å². The van der Waals surface area contributed by atoms with E-state index in [0.29, 0.717) is 10.7 Å². The lowest BCUT2D eigenvalue weighted by Crippen LogP contribution is -2.15. The van der Waals surface area contributed by atoms with Crippen LogP contribution in [-0.4, -0.2) is 58.3 Å². The van der Waals surface area contributed by atoms with Crippen LogP contribution >= 0.6 is 11.8 Å². The zero-order chi connectivity index (χ0) is 18.4. The molecule has 0 radical (unpaired) electrons. The zero-order valence-electron chi connectivity index (χ0n) is 14.3. The number of hydrogen-bond acceptors (Lipinski definition) is 9. The van der Waals surface area contributed by atoms with E-state index in [9.17, 15) is 9.59 Å². The number of aryl methyl sites for hydroxylation is 1. The molecule has 0 amide bonds. The normalized spacial score (nSPS) is 10.4. The van der Waals surface area contributed by atoms with Crippen molar-refractivity contribution >= 4 is 23.7 Å². The highest BCUT2D eigenvalue weighted by Gasteiger charge is 2.19. The van der Waals surface area contributed by atoms with Crippen molar-refractivity contribution in [2.75, 3.05) is 26.6 Å². The zero-order valence-corrected chi connectivity index (χ0v) is 15.1. The first-order valence-corrected chi connectivity index (χ1v) is 8.33. The summed E-state index contributed by atoms with van der Waals surface area (Å²) in [4.78, 5) is 32.0. The van der Waals surface area contributed by atoms with Gasteiger partial charge in [-0.15, -0.1) is 0 Å². The third-order valence-corrected chi connectivity index (χ3v) is 3.83. The van der Waals surface area contributed by atoms with E-state index >= 15 is 0 Å². The fraction of sp³-hybridized carbons (Fsp3) is 0.400. The minimum absolute atomic E-state index is 0.0823. The predicted molar refractivity (Wildman–Crippen MR) is 89.1 cm³/mol. The van der Waals surface area contributed by atoms with Crippen LogP contribution in [0.4, 0.5) is 0 Å². The van der Waals surface area contributed by atoms with E-state index in [0.717, 1.165) is 11.8 Å². The van der Waals surface area contributed by atoms with Gasteiger partial charge in [-0.2, -0.15) is 14.8 Å². The van der Waals surface area contributed by atoms with Gasteiger partial charge < -0.3 is 14.2 Å². The second-order valence-corrected chi connectivity index (χ2v) is 5.71. The first kappa shape index (κ1) is 18.7. The predicted octanol–water partition coefficient (Wildman–Crippen LogP) is 1.42. The van der Waals surface area contributed by atoms with Crippen LogP contribution < -0.4 is 4.74 Å². The molecule has 0 N–H and O–H groups in total. The first-order chi connectivity index (χ1) is 12.0. The van der Waals surface area contributed by atoms with E-state index in [4.69, 9.17) is 9.47 Å². The maximum atomic E-state index is 12.1. The first-order valence-electron chi connectivity index (χ1n) is 7.35. The molecular formula is C15H18N4O5S. The Balaban J connectivity index is 2.41. The van der Waals surface area contributed by atoms with Crippen molar-refractivity contribution in [1.82, 2.24) is 19.7 Å². The number of nitrogens with zero attached hydrogens (tertiary/aromatic N) is 4. The van der Waals surface area contributed by atoms with Gasteiger partial charge in [-0.3, -0.25) is 4.79 Å². The highest BCUT2D eigenvalue weighted by Crippen LogP contribution is 2.22. The molecule has 0 aliphatic carbocycles. The Hall–Kier alpha value is -2.62. The minimum Gasteiger partial charge on any atom is -0.481 e. The van der Waals surface area contributed by atoms with Crippen LogP contribution in [-0.2, 0) is 14.3 Å². The Labute approximate surface area is 148 Å². The Bertz CT molecular complexity index is 777. The van der Waals surface area contributed by atoms with E-state index in [2.05, 4.69) is 19.8 Å². The molecule has 0 spiro atoms. The number of aromatic nitrogens is 4.